The summed E-state index contributed by atoms with van der Waals surface area (Å²) in [4.78, 5) is 9.43. The quantitative estimate of drug-likeness (QED) is 0.462. The van der Waals surface area contributed by atoms with E-state index in [1.54, 1.807) is 6.20 Å². The zero-order chi connectivity index (χ0) is 17.8. The van der Waals surface area contributed by atoms with Gasteiger partial charge >= 0.3 is 0 Å². The van der Waals surface area contributed by atoms with Crippen LogP contribution in [0.15, 0.2) is 78.0 Å². The van der Waals surface area contributed by atoms with Gasteiger partial charge in [-0.2, -0.15) is 5.26 Å². The summed E-state index contributed by atoms with van der Waals surface area (Å²) in [7, 11) is 0. The van der Waals surface area contributed by atoms with Crippen molar-refractivity contribution in [1.82, 2.24) is 4.98 Å². The van der Waals surface area contributed by atoms with Crippen LogP contribution in [0.1, 0.15) is 42.0 Å². The van der Waals surface area contributed by atoms with Crippen LogP contribution in [-0.2, 0) is 0 Å². The highest BCUT2D eigenvalue weighted by atomic mass is 14.8. The van der Waals surface area contributed by atoms with Gasteiger partial charge in [0, 0.05) is 29.9 Å². The van der Waals surface area contributed by atoms with Crippen molar-refractivity contribution >= 4 is 5.71 Å². The maximum absolute atomic E-state index is 8.90. The molecule has 0 radical (unpaired) electrons. The number of nitrogens with zero attached hydrogens (tertiary/aromatic N) is 3. The number of pyridine rings is 1. The molecule has 0 saturated heterocycles. The molecule has 1 aliphatic rings. The Morgan fingerprint density at radius 3 is 2.12 bits per heavy atom. The summed E-state index contributed by atoms with van der Waals surface area (Å²) in [5, 5.41) is 8.90. The van der Waals surface area contributed by atoms with Gasteiger partial charge in [0.15, 0.2) is 0 Å². The van der Waals surface area contributed by atoms with Gasteiger partial charge in [-0.3, -0.25) is 9.98 Å². The molecule has 0 N–H and O–H groups in total. The molecular formula is C23H19N3. The molecule has 3 heteroatoms. The zero-order valence-electron chi connectivity index (χ0n) is 14.5. The molecule has 26 heavy (non-hydrogen) atoms. The first-order valence-corrected chi connectivity index (χ1v) is 8.92. The van der Waals surface area contributed by atoms with Gasteiger partial charge in [-0.05, 0) is 35.6 Å². The van der Waals surface area contributed by atoms with E-state index in [1.165, 1.54) is 22.3 Å². The van der Waals surface area contributed by atoms with E-state index < -0.39 is 0 Å². The largest absolute Gasteiger partial charge is 0.276 e. The summed E-state index contributed by atoms with van der Waals surface area (Å²) in [5.41, 5.74) is 6.99. The topological polar surface area (TPSA) is 49.0 Å². The van der Waals surface area contributed by atoms with E-state index in [2.05, 4.69) is 65.7 Å². The Morgan fingerprint density at radius 1 is 0.885 bits per heavy atom. The maximum atomic E-state index is 8.90. The van der Waals surface area contributed by atoms with E-state index in [1.807, 2.05) is 12.3 Å². The first kappa shape index (κ1) is 16.2. The summed E-state index contributed by atoms with van der Waals surface area (Å²) in [6.07, 6.45) is 5.88. The van der Waals surface area contributed by atoms with E-state index in [4.69, 9.17) is 10.3 Å². The molecule has 1 aromatic heterocycles. The lowest BCUT2D eigenvalue weighted by Gasteiger charge is -2.14. The molecule has 4 rings (SSSR count). The number of fused-ring (bicyclic) bond motifs is 3. The third-order valence-electron chi connectivity index (χ3n) is 4.77. The third kappa shape index (κ3) is 3.02. The van der Waals surface area contributed by atoms with Gasteiger partial charge in [0.25, 0.3) is 0 Å². The molecule has 3 nitrogen and oxygen atoms in total. The highest BCUT2D eigenvalue weighted by Gasteiger charge is 2.25. The molecule has 1 unspecified atom stereocenters. The van der Waals surface area contributed by atoms with E-state index in [0.717, 1.165) is 24.1 Å². The minimum atomic E-state index is 0.00580. The molecule has 1 aliphatic carbocycles. The fraction of sp³-hybridized carbons (Fsp3) is 0.174. The SMILES string of the molecule is N#CCCCC(N=C1c2ccccc2-c2ccccc21)c1cccnc1. The highest BCUT2D eigenvalue weighted by Crippen LogP contribution is 2.38. The first-order valence-electron chi connectivity index (χ1n) is 8.92. The van der Waals surface area contributed by atoms with Gasteiger partial charge in [0.1, 0.15) is 0 Å². The molecule has 2 aromatic carbocycles. The van der Waals surface area contributed by atoms with Gasteiger partial charge in [0.2, 0.25) is 0 Å². The lowest BCUT2D eigenvalue weighted by Crippen LogP contribution is -2.04. The molecule has 0 fully saturated rings. The number of aliphatic imine (C=N–C) groups is 1. The van der Waals surface area contributed by atoms with Crippen LogP contribution >= 0.6 is 0 Å². The number of benzene rings is 2. The van der Waals surface area contributed by atoms with Crippen molar-refractivity contribution in [2.45, 2.75) is 25.3 Å². The Bertz CT molecular complexity index is 936. The molecule has 126 valence electrons. The van der Waals surface area contributed by atoms with Crippen molar-refractivity contribution in [3.8, 4) is 17.2 Å². The van der Waals surface area contributed by atoms with E-state index in [-0.39, 0.29) is 6.04 Å². The Balaban J connectivity index is 1.80. The summed E-state index contributed by atoms with van der Waals surface area (Å²) >= 11 is 0. The van der Waals surface area contributed by atoms with Gasteiger partial charge < -0.3 is 0 Å². The van der Waals surface area contributed by atoms with Crippen molar-refractivity contribution in [3.63, 3.8) is 0 Å². The first-order chi connectivity index (χ1) is 12.9. The van der Waals surface area contributed by atoms with Crippen molar-refractivity contribution in [2.75, 3.05) is 0 Å². The van der Waals surface area contributed by atoms with E-state index in [9.17, 15) is 0 Å². The Hall–Kier alpha value is -3.25. The lowest BCUT2D eigenvalue weighted by molar-refractivity contribution is 0.620. The smallest absolute Gasteiger partial charge is 0.0771 e. The van der Waals surface area contributed by atoms with Gasteiger partial charge in [-0.25, -0.2) is 0 Å². The van der Waals surface area contributed by atoms with Crippen LogP contribution in [0.2, 0.25) is 0 Å². The summed E-state index contributed by atoms with van der Waals surface area (Å²) in [6, 6.07) is 23.1. The van der Waals surface area contributed by atoms with Crippen LogP contribution in [0.3, 0.4) is 0 Å². The molecular weight excluding hydrogens is 318 g/mol. The molecule has 0 aliphatic heterocycles. The predicted octanol–water partition coefficient (Wildman–Crippen LogP) is 5.33. The lowest BCUT2D eigenvalue weighted by atomic mass is 10.0. The van der Waals surface area contributed by atoms with Crippen LogP contribution in [0.4, 0.5) is 0 Å². The highest BCUT2D eigenvalue weighted by molar-refractivity contribution is 6.24. The monoisotopic (exact) mass is 337 g/mol. The third-order valence-corrected chi connectivity index (χ3v) is 4.77. The fourth-order valence-corrected chi connectivity index (χ4v) is 3.54. The average Bonchev–Trinajstić information content (AvgIpc) is 3.02. The van der Waals surface area contributed by atoms with Gasteiger partial charge in [0.05, 0.1) is 17.8 Å². The van der Waals surface area contributed by atoms with Crippen LogP contribution in [0, 0.1) is 11.3 Å². The second-order valence-corrected chi connectivity index (χ2v) is 6.42. The Kier molecular flexibility index (Phi) is 4.57. The molecule has 3 aromatic rings. The van der Waals surface area contributed by atoms with Crippen LogP contribution < -0.4 is 0 Å². The predicted molar refractivity (Wildman–Crippen MR) is 104 cm³/mol. The molecule has 0 spiro atoms. The van der Waals surface area contributed by atoms with Crippen molar-refractivity contribution in [3.05, 3.63) is 89.7 Å². The minimum absolute atomic E-state index is 0.00580. The zero-order valence-corrected chi connectivity index (χ0v) is 14.5. The van der Waals surface area contributed by atoms with E-state index >= 15 is 0 Å². The minimum Gasteiger partial charge on any atom is -0.276 e. The summed E-state index contributed by atoms with van der Waals surface area (Å²) in [6.45, 7) is 0. The number of rotatable bonds is 5. The fourth-order valence-electron chi connectivity index (χ4n) is 3.54. The van der Waals surface area contributed by atoms with Crippen molar-refractivity contribution in [1.29, 1.82) is 5.26 Å². The Morgan fingerprint density at radius 2 is 1.54 bits per heavy atom. The summed E-state index contributed by atoms with van der Waals surface area (Å²) in [5.74, 6) is 0. The number of aromatic nitrogens is 1. The number of nitriles is 1. The molecule has 1 atom stereocenters. The Labute approximate surface area is 153 Å². The summed E-state index contributed by atoms with van der Waals surface area (Å²) < 4.78 is 0. The van der Waals surface area contributed by atoms with Crippen molar-refractivity contribution in [2.24, 2.45) is 4.99 Å². The van der Waals surface area contributed by atoms with Crippen LogP contribution in [-0.4, -0.2) is 10.7 Å². The van der Waals surface area contributed by atoms with Crippen LogP contribution in [0.5, 0.6) is 0 Å². The second kappa shape index (κ2) is 7.33. The van der Waals surface area contributed by atoms with Crippen molar-refractivity contribution < 1.29 is 0 Å². The standard InChI is InChI=1S/C23H19N3/c24-14-6-5-13-22(17-8-7-15-25-16-17)26-23-20-11-3-1-9-18(20)19-10-2-4-12-21(19)23/h1-4,7-12,15-16,22H,5-6,13H2. The normalized spacial score (nSPS) is 12.8. The van der Waals surface area contributed by atoms with E-state index in [0.29, 0.717) is 6.42 Å². The van der Waals surface area contributed by atoms with Gasteiger partial charge in [-0.15, -0.1) is 0 Å². The molecule has 0 bridgehead atoms. The molecule has 0 saturated carbocycles. The number of hydrogen-bond acceptors (Lipinski definition) is 3. The molecule has 0 amide bonds. The number of hydrogen-bond donors (Lipinski definition) is 0. The maximum Gasteiger partial charge on any atom is 0.0771 e. The van der Waals surface area contributed by atoms with Gasteiger partial charge in [-0.1, -0.05) is 54.6 Å². The van der Waals surface area contributed by atoms with Crippen LogP contribution in [0.25, 0.3) is 11.1 Å². The molecule has 1 heterocycles. The second-order valence-electron chi connectivity index (χ2n) is 6.42. The number of unbranched alkanes of at least 4 members (excludes halogenated alkanes) is 1. The average molecular weight is 337 g/mol.